The van der Waals surface area contributed by atoms with Gasteiger partial charge in [0.1, 0.15) is 29.2 Å². The van der Waals surface area contributed by atoms with Crippen molar-refractivity contribution in [2.45, 2.75) is 83.3 Å². The van der Waals surface area contributed by atoms with E-state index in [1.54, 1.807) is 6.08 Å². The minimum atomic E-state index is -0.631. The van der Waals surface area contributed by atoms with Crippen molar-refractivity contribution in [1.29, 1.82) is 0 Å². The molecule has 0 bridgehead atoms. The van der Waals surface area contributed by atoms with Crippen LogP contribution in [0.4, 0.5) is 10.6 Å². The lowest BCUT2D eigenvalue weighted by molar-refractivity contribution is -0.135. The van der Waals surface area contributed by atoms with E-state index in [9.17, 15) is 14.7 Å². The number of fused-ring (bicyclic) bond motifs is 1. The van der Waals surface area contributed by atoms with E-state index in [4.69, 9.17) is 16.3 Å². The van der Waals surface area contributed by atoms with Gasteiger partial charge in [-0.15, -0.1) is 0 Å². The Morgan fingerprint density at radius 1 is 1.02 bits per heavy atom. The highest BCUT2D eigenvalue weighted by Gasteiger charge is 2.56. The fourth-order valence-electron chi connectivity index (χ4n) is 7.77. The lowest BCUT2D eigenvalue weighted by atomic mass is 9.71. The maximum Gasteiger partial charge on any atom is 0.410 e. The average molecular weight is 608 g/mol. The summed E-state index contributed by atoms with van der Waals surface area (Å²) >= 11 is 6.30. The number of carbonyl (C=O) groups is 2. The van der Waals surface area contributed by atoms with Gasteiger partial charge in [-0.05, 0) is 69.2 Å². The quantitative estimate of drug-likeness (QED) is 0.445. The van der Waals surface area contributed by atoms with Crippen LogP contribution in [-0.2, 0) is 9.53 Å². The maximum absolute atomic E-state index is 14.7. The van der Waals surface area contributed by atoms with Crippen molar-refractivity contribution in [3.63, 3.8) is 0 Å². The minimum Gasteiger partial charge on any atom is -0.506 e. The summed E-state index contributed by atoms with van der Waals surface area (Å²) < 4.78 is 5.90. The number of halogens is 1. The number of nitrogens with zero attached hydrogens (tertiary/aromatic N) is 5. The van der Waals surface area contributed by atoms with Gasteiger partial charge in [0.2, 0.25) is 5.91 Å². The molecule has 10 heteroatoms. The number of benzene rings is 1. The summed E-state index contributed by atoms with van der Waals surface area (Å²) in [5.41, 5.74) is 1.65. The topological polar surface area (TPSA) is 99.1 Å². The van der Waals surface area contributed by atoms with Gasteiger partial charge in [-0.2, -0.15) is 0 Å². The zero-order valence-corrected chi connectivity index (χ0v) is 26.3. The summed E-state index contributed by atoms with van der Waals surface area (Å²) in [7, 11) is 0. The van der Waals surface area contributed by atoms with Crippen molar-refractivity contribution >= 4 is 35.2 Å². The lowest BCUT2D eigenvalue weighted by Crippen LogP contribution is -2.55. The van der Waals surface area contributed by atoms with Gasteiger partial charge in [0.15, 0.2) is 0 Å². The van der Waals surface area contributed by atoms with E-state index in [2.05, 4.69) is 14.9 Å². The summed E-state index contributed by atoms with van der Waals surface area (Å²) in [5.74, 6) is 0.535. The first-order valence-electron chi connectivity index (χ1n) is 15.5. The standard InChI is InChI=1S/C33H42ClN5O4/c1-21-19-24(40)27-25(21)29(36-20-35-27)37-15-17-38(18-16-37)30(41)26(22-7-9-23(34)10-8-22)28-33(11-5-6-12-33)13-14-39(28)31(42)43-32(2,3)4/h7-10,19-21,26,28,40H,5-6,11-18H2,1-4H3/t21-,26+,28-/m1/s1. The Morgan fingerprint density at radius 2 is 1.70 bits per heavy atom. The molecule has 1 saturated carbocycles. The monoisotopic (exact) mass is 607 g/mol. The Balaban J connectivity index is 1.30. The van der Waals surface area contributed by atoms with E-state index in [1.165, 1.54) is 6.33 Å². The van der Waals surface area contributed by atoms with Gasteiger partial charge in [-0.1, -0.05) is 43.5 Å². The van der Waals surface area contributed by atoms with Gasteiger partial charge in [0.25, 0.3) is 0 Å². The van der Waals surface area contributed by atoms with E-state index in [0.717, 1.165) is 49.0 Å². The molecular formula is C33H42ClN5O4. The summed E-state index contributed by atoms with van der Waals surface area (Å²) in [5, 5.41) is 11.0. The molecule has 1 spiro atoms. The molecule has 2 aliphatic carbocycles. The Kier molecular flexibility index (Phi) is 7.82. The van der Waals surface area contributed by atoms with Crippen LogP contribution in [-0.4, -0.2) is 81.2 Å². The number of allylic oxidation sites excluding steroid dienone is 1. The number of hydrogen-bond acceptors (Lipinski definition) is 7. The molecule has 230 valence electrons. The SMILES string of the molecule is C[C@@H]1C=C(O)c2ncnc(N3CCN(C(=O)[C@@H](c4ccc(Cl)cc4)[C@H]4N(C(=O)OC(C)(C)C)CCC45CCCC5)CC3)c21. The van der Waals surface area contributed by atoms with Crippen molar-refractivity contribution in [2.75, 3.05) is 37.6 Å². The second-order valence-electron chi connectivity index (χ2n) is 13.6. The molecule has 3 atom stereocenters. The number of hydrogen-bond donors (Lipinski definition) is 1. The summed E-state index contributed by atoms with van der Waals surface area (Å²) in [6.07, 6.45) is 8.03. The molecule has 1 aromatic carbocycles. The Hall–Kier alpha value is -3.33. The number of carbonyl (C=O) groups excluding carboxylic acids is 2. The smallest absolute Gasteiger partial charge is 0.410 e. The molecule has 4 aliphatic rings. The first-order valence-corrected chi connectivity index (χ1v) is 15.9. The van der Waals surface area contributed by atoms with E-state index in [-0.39, 0.29) is 35.1 Å². The molecule has 1 aromatic heterocycles. The van der Waals surface area contributed by atoms with Crippen molar-refractivity contribution in [3.8, 4) is 0 Å². The van der Waals surface area contributed by atoms with Crippen LogP contribution in [0, 0.1) is 5.41 Å². The lowest BCUT2D eigenvalue weighted by Gasteiger charge is -2.43. The Morgan fingerprint density at radius 3 is 2.35 bits per heavy atom. The van der Waals surface area contributed by atoms with Crippen molar-refractivity contribution in [2.24, 2.45) is 5.41 Å². The number of anilines is 1. The molecule has 2 amide bonds. The minimum absolute atomic E-state index is 0.0175. The molecule has 43 heavy (non-hydrogen) atoms. The molecule has 1 N–H and O–H groups in total. The number of aliphatic hydroxyl groups excluding tert-OH is 1. The third-order valence-corrected chi connectivity index (χ3v) is 9.96. The second-order valence-corrected chi connectivity index (χ2v) is 14.0. The average Bonchev–Trinajstić information content (AvgIpc) is 3.67. The van der Waals surface area contributed by atoms with Crippen LogP contribution in [0.15, 0.2) is 36.7 Å². The van der Waals surface area contributed by atoms with Gasteiger partial charge in [-0.3, -0.25) is 4.79 Å². The molecule has 3 fully saturated rings. The molecule has 3 heterocycles. The highest BCUT2D eigenvalue weighted by atomic mass is 35.5. The van der Waals surface area contributed by atoms with Gasteiger partial charge in [0.05, 0.1) is 12.0 Å². The number of aliphatic hydroxyl groups is 1. The highest BCUT2D eigenvalue weighted by Crippen LogP contribution is 2.54. The van der Waals surface area contributed by atoms with Gasteiger partial charge in [-0.25, -0.2) is 14.8 Å². The van der Waals surface area contributed by atoms with Crippen LogP contribution in [0.1, 0.15) is 88.5 Å². The molecule has 0 unspecified atom stereocenters. The Labute approximate surface area is 258 Å². The third kappa shape index (κ3) is 5.56. The summed E-state index contributed by atoms with van der Waals surface area (Å²) in [6.45, 7) is 10.5. The fourth-order valence-corrected chi connectivity index (χ4v) is 7.90. The second kappa shape index (κ2) is 11.3. The van der Waals surface area contributed by atoms with Gasteiger partial charge >= 0.3 is 6.09 Å². The van der Waals surface area contributed by atoms with Crippen LogP contribution in [0.2, 0.25) is 5.02 Å². The molecular weight excluding hydrogens is 566 g/mol. The number of piperazine rings is 1. The highest BCUT2D eigenvalue weighted by molar-refractivity contribution is 6.30. The van der Waals surface area contributed by atoms with E-state index in [1.807, 2.05) is 61.8 Å². The first kappa shape index (κ1) is 29.7. The largest absolute Gasteiger partial charge is 0.506 e. The zero-order valence-electron chi connectivity index (χ0n) is 25.6. The van der Waals surface area contributed by atoms with Crippen LogP contribution < -0.4 is 4.90 Å². The number of ether oxygens (including phenoxy) is 1. The van der Waals surface area contributed by atoms with E-state index >= 15 is 0 Å². The van der Waals surface area contributed by atoms with Gasteiger partial charge in [0, 0.05) is 49.2 Å². The van der Waals surface area contributed by atoms with Crippen LogP contribution in [0.3, 0.4) is 0 Å². The van der Waals surface area contributed by atoms with E-state index in [0.29, 0.717) is 43.4 Å². The number of aromatic nitrogens is 2. The van der Waals surface area contributed by atoms with E-state index < -0.39 is 11.5 Å². The maximum atomic E-state index is 14.7. The van der Waals surface area contributed by atoms with Crippen molar-refractivity contribution < 1.29 is 19.4 Å². The molecule has 9 nitrogen and oxygen atoms in total. The number of likely N-dealkylation sites (tertiary alicyclic amines) is 1. The van der Waals surface area contributed by atoms with Crippen molar-refractivity contribution in [1.82, 2.24) is 19.8 Å². The number of rotatable bonds is 4. The molecule has 2 aliphatic heterocycles. The van der Waals surface area contributed by atoms with Crippen LogP contribution in [0.5, 0.6) is 0 Å². The molecule has 2 saturated heterocycles. The number of amides is 2. The predicted octanol–water partition coefficient (Wildman–Crippen LogP) is 6.15. The molecule has 0 radical (unpaired) electrons. The fraction of sp³-hybridized carbons (Fsp3) is 0.576. The van der Waals surface area contributed by atoms with Crippen molar-refractivity contribution in [3.05, 3.63) is 58.5 Å². The summed E-state index contributed by atoms with van der Waals surface area (Å²) in [4.78, 5) is 43.3. The first-order chi connectivity index (χ1) is 20.5. The predicted molar refractivity (Wildman–Crippen MR) is 166 cm³/mol. The molecule has 6 rings (SSSR count). The van der Waals surface area contributed by atoms with Crippen LogP contribution in [0.25, 0.3) is 5.76 Å². The van der Waals surface area contributed by atoms with Crippen LogP contribution >= 0.6 is 11.6 Å². The normalized spacial score (nSPS) is 23.8. The zero-order chi connectivity index (χ0) is 30.5. The Bertz CT molecular complexity index is 1410. The summed E-state index contributed by atoms with van der Waals surface area (Å²) in [6, 6.07) is 7.27. The van der Waals surface area contributed by atoms with Gasteiger partial charge < -0.3 is 24.5 Å². The molecule has 2 aromatic rings. The third-order valence-electron chi connectivity index (χ3n) is 9.71.